The quantitative estimate of drug-likeness (QED) is 0.0440. The van der Waals surface area contributed by atoms with Crippen molar-refractivity contribution >= 4 is 59.1 Å². The van der Waals surface area contributed by atoms with E-state index in [1.807, 2.05) is 0 Å². The molecule has 312 valence electrons. The second kappa shape index (κ2) is 23.4. The first-order chi connectivity index (χ1) is 27.6. The Morgan fingerprint density at radius 1 is 0.776 bits per heavy atom. The number of urea groups is 1. The third kappa shape index (κ3) is 15.8. The van der Waals surface area contributed by atoms with Crippen molar-refractivity contribution in [2.75, 3.05) is 31.6 Å². The van der Waals surface area contributed by atoms with Gasteiger partial charge < -0.3 is 46.9 Å². The molecule has 19 heteroatoms. The van der Waals surface area contributed by atoms with Crippen molar-refractivity contribution in [2.45, 2.75) is 70.7 Å². The van der Waals surface area contributed by atoms with E-state index >= 15 is 0 Å². The molecule has 0 spiro atoms. The number of benzene rings is 2. The summed E-state index contributed by atoms with van der Waals surface area (Å²) in [7, 11) is 0. The van der Waals surface area contributed by atoms with Crippen molar-refractivity contribution in [3.05, 3.63) is 77.9 Å². The predicted octanol–water partition coefficient (Wildman–Crippen LogP) is 0.738. The van der Waals surface area contributed by atoms with Crippen LogP contribution < -0.4 is 32.3 Å². The lowest BCUT2D eigenvalue weighted by atomic mass is 10.0. The third-order valence-electron chi connectivity index (χ3n) is 8.58. The Morgan fingerprint density at radius 3 is 2.05 bits per heavy atom. The molecule has 1 aliphatic rings. The summed E-state index contributed by atoms with van der Waals surface area (Å²) in [6.07, 6.45) is 1.50. The number of imide groups is 1. The van der Waals surface area contributed by atoms with E-state index in [1.165, 1.54) is 0 Å². The van der Waals surface area contributed by atoms with Crippen molar-refractivity contribution in [1.82, 2.24) is 26.2 Å². The van der Waals surface area contributed by atoms with Crippen LogP contribution >= 0.6 is 0 Å². The molecule has 0 fully saturated rings. The number of nitrogens with two attached hydrogens (primary N) is 1. The highest BCUT2D eigenvalue weighted by atomic mass is 16.5. The highest BCUT2D eigenvalue weighted by molar-refractivity contribution is 6.12. The molecule has 2 aromatic carbocycles. The van der Waals surface area contributed by atoms with Crippen LogP contribution in [0.4, 0.5) is 10.5 Å². The van der Waals surface area contributed by atoms with Crippen LogP contribution in [0.3, 0.4) is 0 Å². The number of anilines is 1. The van der Waals surface area contributed by atoms with Crippen LogP contribution in [-0.4, -0.2) is 108 Å². The minimum atomic E-state index is -1.35. The zero-order chi connectivity index (χ0) is 42.6. The fourth-order valence-electron chi connectivity index (χ4n) is 5.43. The molecular weight excluding hydrogens is 758 g/mol. The predicted molar refractivity (Wildman–Crippen MR) is 206 cm³/mol. The van der Waals surface area contributed by atoms with Gasteiger partial charge in [0.1, 0.15) is 24.7 Å². The van der Waals surface area contributed by atoms with Crippen molar-refractivity contribution in [3.8, 4) is 0 Å². The normalized spacial score (nSPS) is 13.6. The highest BCUT2D eigenvalue weighted by Gasteiger charge is 2.32. The Kier molecular flexibility index (Phi) is 18.5. The molecule has 0 bridgehead atoms. The molecular formula is C39H49N7O12. The minimum Gasteiger partial charge on any atom is -0.481 e. The fourth-order valence-corrected chi connectivity index (χ4v) is 5.43. The van der Waals surface area contributed by atoms with Gasteiger partial charge in [-0.1, -0.05) is 44.2 Å². The summed E-state index contributed by atoms with van der Waals surface area (Å²) in [5.74, 6) is -6.09. The summed E-state index contributed by atoms with van der Waals surface area (Å²) >= 11 is 0. The summed E-state index contributed by atoms with van der Waals surface area (Å²) in [4.78, 5) is 112. The second-order valence-corrected chi connectivity index (χ2v) is 13.4. The van der Waals surface area contributed by atoms with Crippen LogP contribution in [0.1, 0.15) is 61.9 Å². The van der Waals surface area contributed by atoms with E-state index in [0.29, 0.717) is 16.8 Å². The number of carbonyl (C=O) groups is 9. The average molecular weight is 808 g/mol. The molecule has 0 saturated heterocycles. The van der Waals surface area contributed by atoms with Crippen LogP contribution in [-0.2, 0) is 49.6 Å². The highest BCUT2D eigenvalue weighted by Crippen LogP contribution is 2.14. The number of amides is 8. The van der Waals surface area contributed by atoms with E-state index < -0.39 is 83.9 Å². The Morgan fingerprint density at radius 2 is 1.43 bits per heavy atom. The first kappa shape index (κ1) is 45.8. The number of primary amides is 1. The minimum absolute atomic E-state index is 0.0175. The number of carboxylic acid groups (broad SMARTS) is 1. The topological polar surface area (TPSA) is 282 Å². The largest absolute Gasteiger partial charge is 0.481 e. The zero-order valence-electron chi connectivity index (χ0n) is 32.2. The van der Waals surface area contributed by atoms with Gasteiger partial charge in [-0.15, -0.1) is 0 Å². The number of carbonyl (C=O) groups excluding carboxylic acids is 8. The van der Waals surface area contributed by atoms with E-state index in [1.54, 1.807) is 68.4 Å². The monoisotopic (exact) mass is 807 g/mol. The van der Waals surface area contributed by atoms with E-state index in [9.17, 15) is 48.3 Å². The molecule has 8 N–H and O–H groups in total. The van der Waals surface area contributed by atoms with Crippen molar-refractivity contribution < 1.29 is 57.7 Å². The van der Waals surface area contributed by atoms with Crippen LogP contribution in [0.15, 0.2) is 66.7 Å². The molecule has 1 heterocycles. The number of hydrogen-bond acceptors (Lipinski definition) is 11. The first-order valence-corrected chi connectivity index (χ1v) is 18.5. The molecule has 0 radical (unpaired) electrons. The molecule has 58 heavy (non-hydrogen) atoms. The molecule has 1 aliphatic heterocycles. The lowest BCUT2D eigenvalue weighted by Gasteiger charge is -2.27. The summed E-state index contributed by atoms with van der Waals surface area (Å²) < 4.78 is 10.7. The van der Waals surface area contributed by atoms with Crippen molar-refractivity contribution in [1.29, 1.82) is 0 Å². The molecule has 0 saturated carbocycles. The Hall–Kier alpha value is -6.63. The fraction of sp³-hybridized carbons (Fsp3) is 0.410. The van der Waals surface area contributed by atoms with Crippen LogP contribution in [0.5, 0.6) is 0 Å². The molecule has 0 unspecified atom stereocenters. The van der Waals surface area contributed by atoms with Crippen molar-refractivity contribution in [3.63, 3.8) is 0 Å². The van der Waals surface area contributed by atoms with E-state index in [-0.39, 0.29) is 58.6 Å². The molecule has 2 aromatic rings. The maximum atomic E-state index is 13.7. The molecule has 19 nitrogen and oxygen atoms in total. The number of aliphatic carboxylic acids is 1. The molecule has 8 amide bonds. The Bertz CT molecular complexity index is 1800. The smallest absolute Gasteiger partial charge is 0.338 e. The summed E-state index contributed by atoms with van der Waals surface area (Å²) in [6.45, 7) is 3.16. The Labute approximate surface area is 334 Å². The number of nitrogens with zero attached hydrogens (tertiary/aromatic N) is 1. The third-order valence-corrected chi connectivity index (χ3v) is 8.58. The van der Waals surface area contributed by atoms with Gasteiger partial charge in [-0.25, -0.2) is 9.59 Å². The van der Waals surface area contributed by atoms with E-state index in [2.05, 4.69) is 26.6 Å². The first-order valence-electron chi connectivity index (χ1n) is 18.5. The van der Waals surface area contributed by atoms with Gasteiger partial charge in [0.05, 0.1) is 25.3 Å². The molecule has 0 aromatic heterocycles. The number of esters is 1. The van der Waals surface area contributed by atoms with Gasteiger partial charge in [0.2, 0.25) is 23.6 Å². The number of carboxylic acids is 1. The van der Waals surface area contributed by atoms with Crippen LogP contribution in [0, 0.1) is 5.92 Å². The lowest BCUT2D eigenvalue weighted by Crippen LogP contribution is -2.58. The van der Waals surface area contributed by atoms with Crippen molar-refractivity contribution in [2.24, 2.45) is 11.7 Å². The van der Waals surface area contributed by atoms with E-state index in [4.69, 9.17) is 15.2 Å². The standard InChI is InChI=1S/C39H49N7O12/c1-24(2)34(45-36(53)29(14-17-33(50)51)43-30(47)18-21-57-22-20-46-31(48)15-16-32(46)49)37(54)44-28(9-6-19-41-39(40)56)35(52)42-27-12-10-25(11-13-27)23-58-38(55)26-7-4-3-5-8-26/h3-5,7-8,10-13,15-16,24,28-29,34H,6,9,14,17-23H2,1-2H3,(H,42,52)(H,43,47)(H,44,54)(H,45,53)(H,50,51)(H3,40,41,56)/t28-,29-,34-/m0/s1. The summed E-state index contributed by atoms with van der Waals surface area (Å²) in [5.41, 5.74) is 6.56. The summed E-state index contributed by atoms with van der Waals surface area (Å²) in [5, 5.41) is 22.1. The van der Waals surface area contributed by atoms with Gasteiger partial charge >= 0.3 is 18.0 Å². The van der Waals surface area contributed by atoms with Crippen LogP contribution in [0.25, 0.3) is 0 Å². The van der Waals surface area contributed by atoms with Gasteiger partial charge in [-0.3, -0.25) is 38.5 Å². The lowest BCUT2D eigenvalue weighted by molar-refractivity contribution is -0.139. The average Bonchev–Trinajstić information content (AvgIpc) is 3.51. The van der Waals surface area contributed by atoms with Gasteiger partial charge in [0.15, 0.2) is 0 Å². The number of hydrogen-bond donors (Lipinski definition) is 7. The maximum Gasteiger partial charge on any atom is 0.338 e. The molecule has 3 rings (SSSR count). The van der Waals surface area contributed by atoms with Crippen LogP contribution in [0.2, 0.25) is 0 Å². The van der Waals surface area contributed by atoms with Gasteiger partial charge in [0, 0.05) is 37.2 Å². The molecule has 3 atom stereocenters. The molecule has 0 aliphatic carbocycles. The van der Waals surface area contributed by atoms with E-state index in [0.717, 1.165) is 17.1 Å². The second-order valence-electron chi connectivity index (χ2n) is 13.4. The van der Waals surface area contributed by atoms with Gasteiger partial charge in [-0.2, -0.15) is 0 Å². The number of nitrogens with one attached hydrogen (secondary N) is 5. The maximum absolute atomic E-state index is 13.7. The van der Waals surface area contributed by atoms with Gasteiger partial charge in [0.25, 0.3) is 11.8 Å². The number of ether oxygens (including phenoxy) is 2. The summed E-state index contributed by atoms with van der Waals surface area (Å²) in [6, 6.07) is 10.4. The number of rotatable bonds is 24. The zero-order valence-corrected chi connectivity index (χ0v) is 32.2. The SMILES string of the molecule is CC(C)[C@H](NC(=O)[C@H](CCC(=O)O)NC(=O)CCOCCN1C(=O)C=CC1=O)C(=O)N[C@@H](CCCNC(N)=O)C(=O)Nc1ccc(COC(=O)c2ccccc2)cc1. The Balaban J connectivity index is 1.61. The van der Waals surface area contributed by atoms with Gasteiger partial charge in [-0.05, 0) is 55.0 Å².